The third-order valence-electron chi connectivity index (χ3n) is 3.04. The Morgan fingerprint density at radius 2 is 2.37 bits per heavy atom. The summed E-state index contributed by atoms with van der Waals surface area (Å²) in [6.07, 6.45) is 1.08. The van der Waals surface area contributed by atoms with Crippen molar-refractivity contribution in [3.8, 4) is 0 Å². The first-order valence-electron chi connectivity index (χ1n) is 6.13. The van der Waals surface area contributed by atoms with Gasteiger partial charge in [0, 0.05) is 29.9 Å². The minimum absolute atomic E-state index is 0.0371. The zero-order chi connectivity index (χ0) is 13.7. The first kappa shape index (κ1) is 14.3. The normalized spacial score (nSPS) is 19.4. The summed E-state index contributed by atoms with van der Waals surface area (Å²) in [7, 11) is 0. The lowest BCUT2D eigenvalue weighted by Crippen LogP contribution is -2.47. The Morgan fingerprint density at radius 3 is 3.05 bits per heavy atom. The minimum Gasteiger partial charge on any atom is -0.481 e. The van der Waals surface area contributed by atoms with Crippen LogP contribution in [0.4, 0.5) is 0 Å². The van der Waals surface area contributed by atoms with E-state index in [2.05, 4.69) is 4.98 Å². The summed E-state index contributed by atoms with van der Waals surface area (Å²) in [4.78, 5) is 28.9. The zero-order valence-electron chi connectivity index (χ0n) is 10.4. The van der Waals surface area contributed by atoms with Crippen molar-refractivity contribution in [3.05, 3.63) is 16.6 Å². The van der Waals surface area contributed by atoms with Crippen LogP contribution in [0.5, 0.6) is 0 Å². The molecule has 104 valence electrons. The third-order valence-corrected chi connectivity index (χ3v) is 4.76. The molecule has 1 amide bonds. The summed E-state index contributed by atoms with van der Waals surface area (Å²) in [5, 5.41) is 10.8. The second kappa shape index (κ2) is 6.91. The van der Waals surface area contributed by atoms with E-state index in [9.17, 15) is 9.59 Å². The van der Waals surface area contributed by atoms with Gasteiger partial charge in [-0.1, -0.05) is 0 Å². The molecule has 1 aliphatic rings. The van der Waals surface area contributed by atoms with E-state index in [1.165, 1.54) is 11.3 Å². The number of thiazole rings is 1. The van der Waals surface area contributed by atoms with Gasteiger partial charge < -0.3 is 10.0 Å². The molecular formula is C12H16N2O3S2. The van der Waals surface area contributed by atoms with Crippen LogP contribution < -0.4 is 0 Å². The van der Waals surface area contributed by atoms with E-state index in [-0.39, 0.29) is 18.4 Å². The van der Waals surface area contributed by atoms with Crippen LogP contribution in [-0.2, 0) is 16.0 Å². The number of thioether (sulfide) groups is 1. The predicted octanol–water partition coefficient (Wildman–Crippen LogP) is 1.49. The molecule has 0 radical (unpaired) electrons. The van der Waals surface area contributed by atoms with E-state index in [0.29, 0.717) is 19.4 Å². The van der Waals surface area contributed by atoms with E-state index >= 15 is 0 Å². The molecule has 2 rings (SSSR count). The van der Waals surface area contributed by atoms with Gasteiger partial charge >= 0.3 is 5.97 Å². The number of aliphatic carboxylic acids is 1. The van der Waals surface area contributed by atoms with E-state index < -0.39 is 5.97 Å². The van der Waals surface area contributed by atoms with Gasteiger partial charge in [0.15, 0.2) is 0 Å². The van der Waals surface area contributed by atoms with Crippen molar-refractivity contribution in [1.29, 1.82) is 0 Å². The van der Waals surface area contributed by atoms with Gasteiger partial charge in [-0.3, -0.25) is 9.59 Å². The number of hydrogen-bond donors (Lipinski definition) is 1. The fraction of sp³-hybridized carbons (Fsp3) is 0.583. The molecule has 1 aliphatic heterocycles. The van der Waals surface area contributed by atoms with Crippen molar-refractivity contribution < 1.29 is 14.7 Å². The Bertz CT molecular complexity index is 436. The predicted molar refractivity (Wildman–Crippen MR) is 75.5 cm³/mol. The summed E-state index contributed by atoms with van der Waals surface area (Å²) >= 11 is 3.23. The van der Waals surface area contributed by atoms with Gasteiger partial charge in [0.2, 0.25) is 5.91 Å². The maximum absolute atomic E-state index is 12.2. The molecule has 1 saturated heterocycles. The van der Waals surface area contributed by atoms with Gasteiger partial charge in [0.05, 0.1) is 23.7 Å². The quantitative estimate of drug-likeness (QED) is 0.892. The van der Waals surface area contributed by atoms with Crippen LogP contribution in [0.2, 0.25) is 0 Å². The average molecular weight is 300 g/mol. The van der Waals surface area contributed by atoms with Crippen molar-refractivity contribution in [1.82, 2.24) is 9.88 Å². The van der Waals surface area contributed by atoms with Crippen LogP contribution in [0.15, 0.2) is 10.9 Å². The number of carboxylic acid groups (broad SMARTS) is 1. The molecule has 0 bridgehead atoms. The smallest absolute Gasteiger partial charge is 0.305 e. The van der Waals surface area contributed by atoms with Crippen molar-refractivity contribution in [3.63, 3.8) is 0 Å². The number of carbonyl (C=O) groups excluding carboxylic acids is 1. The van der Waals surface area contributed by atoms with E-state index in [1.54, 1.807) is 22.2 Å². The van der Waals surface area contributed by atoms with Crippen LogP contribution in [0, 0.1) is 0 Å². The van der Waals surface area contributed by atoms with E-state index in [0.717, 1.165) is 17.2 Å². The van der Waals surface area contributed by atoms with Crippen molar-refractivity contribution in [2.45, 2.75) is 25.3 Å². The molecule has 1 aromatic rings. The highest BCUT2D eigenvalue weighted by Gasteiger charge is 2.28. The van der Waals surface area contributed by atoms with E-state index in [1.807, 2.05) is 5.38 Å². The molecule has 0 spiro atoms. The molecule has 1 aromatic heterocycles. The van der Waals surface area contributed by atoms with Gasteiger partial charge in [-0.2, -0.15) is 11.8 Å². The fourth-order valence-corrected chi connectivity index (χ4v) is 3.75. The molecular weight excluding hydrogens is 284 g/mol. The maximum Gasteiger partial charge on any atom is 0.305 e. The molecule has 0 aromatic carbocycles. The lowest BCUT2D eigenvalue weighted by molar-refractivity contribution is -0.140. The Labute approximate surface area is 120 Å². The molecule has 0 aliphatic carbocycles. The first-order chi connectivity index (χ1) is 9.16. The average Bonchev–Trinajstić information content (AvgIpc) is 2.89. The highest BCUT2D eigenvalue weighted by molar-refractivity contribution is 7.99. The highest BCUT2D eigenvalue weighted by Crippen LogP contribution is 2.20. The lowest BCUT2D eigenvalue weighted by atomic mass is 10.1. The molecule has 19 heavy (non-hydrogen) atoms. The first-order valence-corrected chi connectivity index (χ1v) is 8.22. The van der Waals surface area contributed by atoms with Gasteiger partial charge in [-0.05, 0) is 6.42 Å². The molecule has 1 unspecified atom stereocenters. The Morgan fingerprint density at radius 1 is 1.53 bits per heavy atom. The van der Waals surface area contributed by atoms with Crippen LogP contribution >= 0.6 is 23.1 Å². The van der Waals surface area contributed by atoms with Crippen molar-refractivity contribution in [2.75, 3.05) is 18.1 Å². The van der Waals surface area contributed by atoms with Crippen LogP contribution in [0.3, 0.4) is 0 Å². The molecule has 0 saturated carbocycles. The number of carboxylic acids is 1. The van der Waals surface area contributed by atoms with Gasteiger partial charge in [0.25, 0.3) is 0 Å². The summed E-state index contributed by atoms with van der Waals surface area (Å²) in [5.41, 5.74) is 2.68. The second-order valence-corrected chi connectivity index (χ2v) is 6.26. The fourth-order valence-electron chi connectivity index (χ4n) is 2.09. The molecule has 7 heteroatoms. The molecule has 1 atom stereocenters. The van der Waals surface area contributed by atoms with Gasteiger partial charge in [0.1, 0.15) is 0 Å². The van der Waals surface area contributed by atoms with Gasteiger partial charge in [-0.25, -0.2) is 4.98 Å². The van der Waals surface area contributed by atoms with Crippen LogP contribution in [-0.4, -0.2) is 51.0 Å². The standard InChI is InChI=1S/C12H16N2O3S2/c15-11(2-1-9-6-19-8-13-9)14-3-4-18-7-10(14)5-12(16)17/h6,8,10H,1-5,7H2,(H,16,17). The van der Waals surface area contributed by atoms with Crippen LogP contribution in [0.1, 0.15) is 18.5 Å². The van der Waals surface area contributed by atoms with E-state index in [4.69, 9.17) is 5.11 Å². The monoisotopic (exact) mass is 300 g/mol. The Balaban J connectivity index is 1.89. The number of hydrogen-bond acceptors (Lipinski definition) is 5. The molecule has 5 nitrogen and oxygen atoms in total. The largest absolute Gasteiger partial charge is 0.481 e. The highest BCUT2D eigenvalue weighted by atomic mass is 32.2. The number of amides is 1. The molecule has 1 fully saturated rings. The third kappa shape index (κ3) is 4.21. The summed E-state index contributed by atoms with van der Waals surface area (Å²) in [5.74, 6) is 0.803. The number of nitrogens with zero attached hydrogens (tertiary/aromatic N) is 2. The summed E-state index contributed by atoms with van der Waals surface area (Å²) < 4.78 is 0. The van der Waals surface area contributed by atoms with Crippen LogP contribution in [0.25, 0.3) is 0 Å². The summed E-state index contributed by atoms with van der Waals surface area (Å²) in [6, 6.07) is -0.167. The minimum atomic E-state index is -0.843. The second-order valence-electron chi connectivity index (χ2n) is 4.39. The molecule has 1 N–H and O–H groups in total. The number of aromatic nitrogens is 1. The van der Waals surface area contributed by atoms with Crippen molar-refractivity contribution >= 4 is 35.0 Å². The Kier molecular flexibility index (Phi) is 5.21. The van der Waals surface area contributed by atoms with Crippen molar-refractivity contribution in [2.24, 2.45) is 0 Å². The lowest BCUT2D eigenvalue weighted by Gasteiger charge is -2.34. The Hall–Kier alpha value is -1.08. The zero-order valence-corrected chi connectivity index (χ0v) is 12.1. The molecule has 2 heterocycles. The number of carbonyl (C=O) groups is 2. The topological polar surface area (TPSA) is 70.5 Å². The SMILES string of the molecule is O=C(O)CC1CSCCN1C(=O)CCc1cscn1. The maximum atomic E-state index is 12.2. The van der Waals surface area contributed by atoms with Gasteiger partial charge in [-0.15, -0.1) is 11.3 Å². The summed E-state index contributed by atoms with van der Waals surface area (Å²) in [6.45, 7) is 0.651. The number of rotatable bonds is 5. The number of aryl methyl sites for hydroxylation is 1.